The number of anilines is 1. The van der Waals surface area contributed by atoms with E-state index >= 15 is 0 Å². The van der Waals surface area contributed by atoms with Crippen molar-refractivity contribution < 1.29 is 18.1 Å². The van der Waals surface area contributed by atoms with Gasteiger partial charge >= 0.3 is 0 Å². The van der Waals surface area contributed by atoms with E-state index < -0.39 is 26.7 Å². The van der Waals surface area contributed by atoms with Crippen LogP contribution in [0.5, 0.6) is 0 Å². The van der Waals surface area contributed by atoms with E-state index in [9.17, 15) is 23.3 Å². The molecule has 1 aliphatic heterocycles. The van der Waals surface area contributed by atoms with Gasteiger partial charge in [-0.05, 0) is 37.3 Å². The van der Waals surface area contributed by atoms with Crippen LogP contribution in [0.1, 0.15) is 6.92 Å². The maximum absolute atomic E-state index is 12.9. The minimum Gasteiger partial charge on any atom is -0.325 e. The number of nitro benzene ring substituents is 1. The third-order valence-electron chi connectivity index (χ3n) is 4.99. The van der Waals surface area contributed by atoms with E-state index in [0.717, 1.165) is 4.47 Å². The summed E-state index contributed by atoms with van der Waals surface area (Å²) in [6, 6.07) is 12.1. The first-order valence-corrected chi connectivity index (χ1v) is 11.5. The molecule has 1 heterocycles. The zero-order chi connectivity index (χ0) is 21.9. The summed E-state index contributed by atoms with van der Waals surface area (Å²) in [5, 5.41) is 14.0. The van der Waals surface area contributed by atoms with Crippen LogP contribution in [-0.2, 0) is 14.8 Å². The topological polar surface area (TPSA) is 113 Å². The number of carbonyl (C=O) groups is 1. The summed E-state index contributed by atoms with van der Waals surface area (Å²) in [5.74, 6) is -0.188. The predicted molar refractivity (Wildman–Crippen MR) is 116 cm³/mol. The lowest BCUT2D eigenvalue weighted by atomic mass is 10.2. The summed E-state index contributed by atoms with van der Waals surface area (Å²) in [5.41, 5.74) is 0.231. The number of carbonyl (C=O) groups excluding carboxylic acids is 1. The highest BCUT2D eigenvalue weighted by Crippen LogP contribution is 2.27. The van der Waals surface area contributed by atoms with Crippen LogP contribution >= 0.6 is 15.9 Å². The van der Waals surface area contributed by atoms with Crippen molar-refractivity contribution >= 4 is 43.2 Å². The van der Waals surface area contributed by atoms with Gasteiger partial charge in [0.1, 0.15) is 0 Å². The molecule has 0 spiro atoms. The molecule has 0 aliphatic carbocycles. The molecular weight excluding hydrogens is 476 g/mol. The molecule has 1 saturated heterocycles. The number of benzene rings is 2. The molecule has 1 aliphatic rings. The van der Waals surface area contributed by atoms with Crippen molar-refractivity contribution in [2.24, 2.45) is 0 Å². The molecule has 0 unspecified atom stereocenters. The summed E-state index contributed by atoms with van der Waals surface area (Å²) in [6.45, 7) is 2.73. The second-order valence-electron chi connectivity index (χ2n) is 6.84. The highest BCUT2D eigenvalue weighted by Gasteiger charge is 2.35. The van der Waals surface area contributed by atoms with Crippen LogP contribution in [0, 0.1) is 10.1 Å². The fourth-order valence-electron chi connectivity index (χ4n) is 3.24. The Kier molecular flexibility index (Phi) is 6.86. The maximum atomic E-state index is 12.9. The third-order valence-corrected chi connectivity index (χ3v) is 7.47. The van der Waals surface area contributed by atoms with Gasteiger partial charge in [0.2, 0.25) is 15.9 Å². The molecule has 0 aromatic heterocycles. The van der Waals surface area contributed by atoms with E-state index in [4.69, 9.17) is 0 Å². The highest BCUT2D eigenvalue weighted by atomic mass is 79.9. The van der Waals surface area contributed by atoms with Gasteiger partial charge in [-0.2, -0.15) is 4.31 Å². The van der Waals surface area contributed by atoms with Gasteiger partial charge in [0, 0.05) is 42.4 Å². The van der Waals surface area contributed by atoms with Crippen molar-refractivity contribution in [1.82, 2.24) is 9.21 Å². The Morgan fingerprint density at radius 1 is 1.10 bits per heavy atom. The smallest absolute Gasteiger partial charge is 0.289 e. The zero-order valence-electron chi connectivity index (χ0n) is 16.2. The average Bonchev–Trinajstić information content (AvgIpc) is 2.74. The Balaban J connectivity index is 1.64. The summed E-state index contributed by atoms with van der Waals surface area (Å²) >= 11 is 3.34. The van der Waals surface area contributed by atoms with Crippen molar-refractivity contribution in [2.45, 2.75) is 17.9 Å². The number of amides is 1. The number of nitrogens with zero attached hydrogens (tertiary/aromatic N) is 3. The van der Waals surface area contributed by atoms with Crippen LogP contribution in [0.2, 0.25) is 0 Å². The number of rotatable bonds is 6. The number of piperazine rings is 1. The fourth-order valence-corrected chi connectivity index (χ4v) is 5.09. The molecule has 2 aromatic carbocycles. The van der Waals surface area contributed by atoms with Gasteiger partial charge in [-0.25, -0.2) is 8.42 Å². The maximum Gasteiger partial charge on any atom is 0.289 e. The molecular formula is C19H21BrN4O5S. The Morgan fingerprint density at radius 2 is 1.70 bits per heavy atom. The van der Waals surface area contributed by atoms with Crippen LogP contribution in [-0.4, -0.2) is 60.7 Å². The van der Waals surface area contributed by atoms with Crippen LogP contribution in [0.3, 0.4) is 0 Å². The second-order valence-corrected chi connectivity index (χ2v) is 9.66. The summed E-state index contributed by atoms with van der Waals surface area (Å²) in [4.78, 5) is 24.6. The molecule has 1 amide bonds. The van der Waals surface area contributed by atoms with Gasteiger partial charge in [-0.15, -0.1) is 0 Å². The van der Waals surface area contributed by atoms with Crippen LogP contribution in [0.15, 0.2) is 57.9 Å². The lowest BCUT2D eigenvalue weighted by molar-refractivity contribution is -0.387. The Labute approximate surface area is 183 Å². The van der Waals surface area contributed by atoms with E-state index in [-0.39, 0.29) is 23.9 Å². The normalized spacial score (nSPS) is 16.7. The standard InChI is InChI=1S/C19H21BrN4O5S/c1-14(19(25)21-16-8-6-15(20)7-9-16)22-10-12-23(13-11-22)30(28,29)18-5-3-2-4-17(18)24(26)27/h2-9,14H,10-13H2,1H3,(H,21,25)/t14-/m1/s1. The van der Waals surface area contributed by atoms with Crippen molar-refractivity contribution in [3.8, 4) is 0 Å². The molecule has 1 atom stereocenters. The van der Waals surface area contributed by atoms with Crippen LogP contribution in [0.25, 0.3) is 0 Å². The summed E-state index contributed by atoms with van der Waals surface area (Å²) in [6.07, 6.45) is 0. The minimum atomic E-state index is -4.00. The average molecular weight is 497 g/mol. The van der Waals surface area contributed by atoms with Gasteiger partial charge in [-0.3, -0.25) is 19.8 Å². The molecule has 0 radical (unpaired) electrons. The lowest BCUT2D eigenvalue weighted by Crippen LogP contribution is -2.53. The monoisotopic (exact) mass is 496 g/mol. The van der Waals surface area contributed by atoms with Gasteiger partial charge in [0.15, 0.2) is 4.90 Å². The molecule has 0 saturated carbocycles. The van der Waals surface area contributed by atoms with E-state index in [1.54, 1.807) is 19.1 Å². The van der Waals surface area contributed by atoms with Crippen molar-refractivity contribution in [3.05, 3.63) is 63.1 Å². The van der Waals surface area contributed by atoms with Crippen LogP contribution in [0.4, 0.5) is 11.4 Å². The van der Waals surface area contributed by atoms with Crippen molar-refractivity contribution in [2.75, 3.05) is 31.5 Å². The Bertz CT molecular complexity index is 1040. The molecule has 0 bridgehead atoms. The highest BCUT2D eigenvalue weighted by molar-refractivity contribution is 9.10. The van der Waals surface area contributed by atoms with Gasteiger partial charge in [-0.1, -0.05) is 28.1 Å². The SMILES string of the molecule is C[C@H](C(=O)Nc1ccc(Br)cc1)N1CCN(S(=O)(=O)c2ccccc2[N+](=O)[O-])CC1. The molecule has 30 heavy (non-hydrogen) atoms. The first-order chi connectivity index (χ1) is 14.2. The van der Waals surface area contributed by atoms with E-state index in [2.05, 4.69) is 21.2 Å². The molecule has 11 heteroatoms. The first kappa shape index (κ1) is 22.3. The summed E-state index contributed by atoms with van der Waals surface area (Å²) in [7, 11) is -4.00. The van der Waals surface area contributed by atoms with E-state index in [1.165, 1.54) is 28.6 Å². The molecule has 9 nitrogen and oxygen atoms in total. The number of nitro groups is 1. The second kappa shape index (κ2) is 9.21. The minimum absolute atomic E-state index is 0.143. The largest absolute Gasteiger partial charge is 0.325 e. The van der Waals surface area contributed by atoms with E-state index in [1.807, 2.05) is 17.0 Å². The number of nitrogens with one attached hydrogen (secondary N) is 1. The first-order valence-electron chi connectivity index (χ1n) is 9.24. The lowest BCUT2D eigenvalue weighted by Gasteiger charge is -2.36. The van der Waals surface area contributed by atoms with Gasteiger partial charge in [0.05, 0.1) is 11.0 Å². The number of para-hydroxylation sites is 1. The van der Waals surface area contributed by atoms with Crippen LogP contribution < -0.4 is 5.32 Å². The third kappa shape index (κ3) is 4.86. The van der Waals surface area contributed by atoms with Crippen molar-refractivity contribution in [3.63, 3.8) is 0 Å². The fraction of sp³-hybridized carbons (Fsp3) is 0.316. The number of hydrogen-bond acceptors (Lipinski definition) is 6. The quantitative estimate of drug-likeness (QED) is 0.485. The van der Waals surface area contributed by atoms with Crippen molar-refractivity contribution in [1.29, 1.82) is 0 Å². The number of sulfonamides is 1. The predicted octanol–water partition coefficient (Wildman–Crippen LogP) is 2.69. The molecule has 2 aromatic rings. The van der Waals surface area contributed by atoms with Gasteiger partial charge in [0.25, 0.3) is 5.69 Å². The van der Waals surface area contributed by atoms with E-state index in [0.29, 0.717) is 18.8 Å². The summed E-state index contributed by atoms with van der Waals surface area (Å²) < 4.78 is 28.0. The molecule has 3 rings (SSSR count). The number of halogens is 1. The molecule has 1 N–H and O–H groups in total. The zero-order valence-corrected chi connectivity index (χ0v) is 18.6. The molecule has 160 valence electrons. The number of hydrogen-bond donors (Lipinski definition) is 1. The van der Waals surface area contributed by atoms with Gasteiger partial charge < -0.3 is 5.32 Å². The Hall–Kier alpha value is -2.34. The molecule has 1 fully saturated rings. The Morgan fingerprint density at radius 3 is 2.30 bits per heavy atom.